The maximum Gasteiger partial charge on any atom is 0.266 e. The molecule has 0 aliphatic heterocycles. The molecule has 0 spiro atoms. The van der Waals surface area contributed by atoms with Gasteiger partial charge in [-0.2, -0.15) is 0 Å². The Morgan fingerprint density at radius 2 is 2.10 bits per heavy atom. The summed E-state index contributed by atoms with van der Waals surface area (Å²) in [6, 6.07) is 5.46. The summed E-state index contributed by atoms with van der Waals surface area (Å²) in [6.07, 6.45) is 3.31. The summed E-state index contributed by atoms with van der Waals surface area (Å²) in [7, 11) is 0. The molecule has 1 amide bonds. The van der Waals surface area contributed by atoms with Crippen LogP contribution in [0.25, 0.3) is 11.6 Å². The van der Waals surface area contributed by atoms with Gasteiger partial charge in [-0.05, 0) is 25.0 Å². The summed E-state index contributed by atoms with van der Waals surface area (Å²) in [5.41, 5.74) is 0.623. The molecule has 6 nitrogen and oxygen atoms in total. The zero-order valence-corrected chi connectivity index (χ0v) is 11.7. The van der Waals surface area contributed by atoms with Crippen LogP contribution in [0.1, 0.15) is 32.6 Å². The number of rotatable bonds is 6. The van der Waals surface area contributed by atoms with E-state index in [2.05, 4.69) is 20.5 Å². The average molecular weight is 274 g/mol. The Hall–Kier alpha value is -2.24. The van der Waals surface area contributed by atoms with Gasteiger partial charge in [0.1, 0.15) is 5.69 Å². The monoisotopic (exact) mass is 274 g/mol. The molecule has 20 heavy (non-hydrogen) atoms. The van der Waals surface area contributed by atoms with Crippen molar-refractivity contribution in [3.63, 3.8) is 0 Å². The van der Waals surface area contributed by atoms with Crippen LogP contribution in [0.15, 0.2) is 28.8 Å². The van der Waals surface area contributed by atoms with E-state index in [0.29, 0.717) is 17.5 Å². The van der Waals surface area contributed by atoms with Crippen LogP contribution >= 0.6 is 0 Å². The van der Waals surface area contributed by atoms with Gasteiger partial charge in [0.05, 0.1) is 6.54 Å². The van der Waals surface area contributed by atoms with Gasteiger partial charge in [0.2, 0.25) is 11.8 Å². The highest BCUT2D eigenvalue weighted by atomic mass is 16.4. The second-order valence-electron chi connectivity index (χ2n) is 4.45. The molecule has 0 aliphatic carbocycles. The number of carbonyl (C=O) groups is 1. The van der Waals surface area contributed by atoms with Crippen molar-refractivity contribution >= 4 is 5.91 Å². The number of pyridine rings is 1. The number of nitrogens with zero attached hydrogens (tertiary/aromatic N) is 3. The summed E-state index contributed by atoms with van der Waals surface area (Å²) in [5.74, 6) is 0.795. The highest BCUT2D eigenvalue weighted by Crippen LogP contribution is 2.14. The molecule has 2 aromatic heterocycles. The van der Waals surface area contributed by atoms with Gasteiger partial charge in [0.15, 0.2) is 0 Å². The second-order valence-corrected chi connectivity index (χ2v) is 4.45. The predicted octanol–water partition coefficient (Wildman–Crippen LogP) is 2.18. The molecule has 0 fully saturated rings. The third-order valence-electron chi connectivity index (χ3n) is 3.12. The number of aromatic nitrogens is 3. The molecule has 0 aromatic carbocycles. The van der Waals surface area contributed by atoms with E-state index in [-0.39, 0.29) is 18.4 Å². The zero-order valence-electron chi connectivity index (χ0n) is 11.7. The van der Waals surface area contributed by atoms with Crippen molar-refractivity contribution in [3.8, 4) is 11.6 Å². The lowest BCUT2D eigenvalue weighted by Gasteiger charge is -2.10. The SMILES string of the molecule is CCC(CC)C(=O)NCc1nnc(-c2ccccn2)o1. The number of hydrogen-bond donors (Lipinski definition) is 1. The van der Waals surface area contributed by atoms with E-state index in [9.17, 15) is 4.79 Å². The molecule has 0 saturated heterocycles. The molecule has 2 heterocycles. The fourth-order valence-corrected chi connectivity index (χ4v) is 1.88. The average Bonchev–Trinajstić information content (AvgIpc) is 2.96. The van der Waals surface area contributed by atoms with Gasteiger partial charge in [-0.1, -0.05) is 19.9 Å². The number of amides is 1. The molecule has 1 N–H and O–H groups in total. The maximum atomic E-state index is 11.8. The number of carbonyl (C=O) groups excluding carboxylic acids is 1. The standard InChI is InChI=1S/C14H18N4O2/c1-3-10(4-2)13(19)16-9-12-17-18-14(20-12)11-7-5-6-8-15-11/h5-8,10H,3-4,9H2,1-2H3,(H,16,19). The highest BCUT2D eigenvalue weighted by molar-refractivity contribution is 5.78. The molecular formula is C14H18N4O2. The van der Waals surface area contributed by atoms with E-state index in [1.54, 1.807) is 12.3 Å². The molecule has 2 rings (SSSR count). The minimum Gasteiger partial charge on any atom is -0.417 e. The largest absolute Gasteiger partial charge is 0.417 e. The first-order chi connectivity index (χ1) is 9.74. The maximum absolute atomic E-state index is 11.8. The molecule has 0 unspecified atom stereocenters. The van der Waals surface area contributed by atoms with Gasteiger partial charge in [-0.3, -0.25) is 9.78 Å². The van der Waals surface area contributed by atoms with Crippen molar-refractivity contribution in [2.75, 3.05) is 0 Å². The topological polar surface area (TPSA) is 80.9 Å². The van der Waals surface area contributed by atoms with Crippen LogP contribution in [-0.4, -0.2) is 21.1 Å². The normalized spacial score (nSPS) is 10.8. The smallest absolute Gasteiger partial charge is 0.266 e. The first-order valence-electron chi connectivity index (χ1n) is 6.76. The van der Waals surface area contributed by atoms with Gasteiger partial charge in [-0.15, -0.1) is 10.2 Å². The van der Waals surface area contributed by atoms with Crippen LogP contribution in [0, 0.1) is 5.92 Å². The molecule has 106 valence electrons. The fourth-order valence-electron chi connectivity index (χ4n) is 1.88. The molecule has 2 aromatic rings. The van der Waals surface area contributed by atoms with E-state index < -0.39 is 0 Å². The summed E-state index contributed by atoms with van der Waals surface area (Å²) in [6.45, 7) is 4.24. The van der Waals surface area contributed by atoms with E-state index >= 15 is 0 Å². The highest BCUT2D eigenvalue weighted by Gasteiger charge is 2.15. The van der Waals surface area contributed by atoms with Crippen molar-refractivity contribution in [1.29, 1.82) is 0 Å². The van der Waals surface area contributed by atoms with Crippen LogP contribution in [0.3, 0.4) is 0 Å². The minimum absolute atomic E-state index is 0.0209. The van der Waals surface area contributed by atoms with Crippen LogP contribution in [-0.2, 0) is 11.3 Å². The van der Waals surface area contributed by atoms with Crippen LogP contribution < -0.4 is 5.32 Å². The molecule has 0 aliphatic rings. The summed E-state index contributed by atoms with van der Waals surface area (Å²) < 4.78 is 5.47. The van der Waals surface area contributed by atoms with Crippen LogP contribution in [0.5, 0.6) is 0 Å². The van der Waals surface area contributed by atoms with Gasteiger partial charge in [-0.25, -0.2) is 0 Å². The Balaban J connectivity index is 1.95. The molecule has 6 heteroatoms. The zero-order chi connectivity index (χ0) is 14.4. The first kappa shape index (κ1) is 14.2. The Morgan fingerprint density at radius 3 is 2.75 bits per heavy atom. The summed E-state index contributed by atoms with van der Waals surface area (Å²) in [5, 5.41) is 10.6. The lowest BCUT2D eigenvalue weighted by molar-refractivity contribution is -0.125. The predicted molar refractivity (Wildman–Crippen MR) is 73.4 cm³/mol. The van der Waals surface area contributed by atoms with Crippen molar-refractivity contribution in [2.24, 2.45) is 5.92 Å². The Kier molecular flexibility index (Phi) is 4.81. The summed E-state index contributed by atoms with van der Waals surface area (Å²) >= 11 is 0. The third kappa shape index (κ3) is 3.40. The van der Waals surface area contributed by atoms with Crippen LogP contribution in [0.2, 0.25) is 0 Å². The Bertz CT molecular complexity index is 549. The fraction of sp³-hybridized carbons (Fsp3) is 0.429. The van der Waals surface area contributed by atoms with Crippen molar-refractivity contribution in [3.05, 3.63) is 30.3 Å². The quantitative estimate of drug-likeness (QED) is 0.873. The lowest BCUT2D eigenvalue weighted by atomic mass is 10.0. The van der Waals surface area contributed by atoms with Crippen molar-refractivity contribution < 1.29 is 9.21 Å². The van der Waals surface area contributed by atoms with E-state index in [1.165, 1.54) is 0 Å². The van der Waals surface area contributed by atoms with Crippen molar-refractivity contribution in [2.45, 2.75) is 33.2 Å². The third-order valence-corrected chi connectivity index (χ3v) is 3.12. The van der Waals surface area contributed by atoms with Gasteiger partial charge in [0.25, 0.3) is 5.89 Å². The number of hydrogen-bond acceptors (Lipinski definition) is 5. The van der Waals surface area contributed by atoms with E-state index in [4.69, 9.17) is 4.42 Å². The Labute approximate surface area is 117 Å². The van der Waals surface area contributed by atoms with E-state index in [1.807, 2.05) is 26.0 Å². The first-order valence-corrected chi connectivity index (χ1v) is 6.76. The molecule has 0 saturated carbocycles. The lowest BCUT2D eigenvalue weighted by Crippen LogP contribution is -2.29. The second kappa shape index (κ2) is 6.79. The number of nitrogens with one attached hydrogen (secondary N) is 1. The Morgan fingerprint density at radius 1 is 1.30 bits per heavy atom. The van der Waals surface area contributed by atoms with Gasteiger partial charge < -0.3 is 9.73 Å². The molecular weight excluding hydrogens is 256 g/mol. The van der Waals surface area contributed by atoms with Crippen molar-refractivity contribution in [1.82, 2.24) is 20.5 Å². The minimum atomic E-state index is 0.0209. The van der Waals surface area contributed by atoms with Gasteiger partial charge >= 0.3 is 0 Å². The molecule has 0 bridgehead atoms. The van der Waals surface area contributed by atoms with E-state index in [0.717, 1.165) is 12.8 Å². The molecule has 0 radical (unpaired) electrons. The van der Waals surface area contributed by atoms with Crippen LogP contribution in [0.4, 0.5) is 0 Å². The summed E-state index contributed by atoms with van der Waals surface area (Å²) in [4.78, 5) is 16.0. The molecule has 0 atom stereocenters. The van der Waals surface area contributed by atoms with Gasteiger partial charge in [0, 0.05) is 12.1 Å².